The van der Waals surface area contributed by atoms with E-state index in [0.29, 0.717) is 0 Å². The molecule has 0 unspecified atom stereocenters. The van der Waals surface area contributed by atoms with Gasteiger partial charge in [0.1, 0.15) is 0 Å². The Kier molecular flexibility index (Phi) is 2.34. The van der Waals surface area contributed by atoms with E-state index in [1.54, 1.807) is 0 Å². The van der Waals surface area contributed by atoms with Crippen molar-refractivity contribution in [1.29, 1.82) is 5.41 Å². The van der Waals surface area contributed by atoms with Crippen LogP contribution < -0.4 is 0 Å². The number of nitrogens with one attached hydrogen (secondary N) is 1. The van der Waals surface area contributed by atoms with E-state index in [-0.39, 0.29) is 5.29 Å². The van der Waals surface area contributed by atoms with Gasteiger partial charge in [0.2, 0.25) is 0 Å². The highest BCUT2D eigenvalue weighted by molar-refractivity contribution is 6.63. The molecule has 0 spiro atoms. The van der Waals surface area contributed by atoms with Gasteiger partial charge in [-0.05, 0) is 30.9 Å². The SMILES string of the molecule is N=C(Cl)N1CCCCC1. The Morgan fingerprint density at radius 2 is 1.78 bits per heavy atom. The average Bonchev–Trinajstić information content (AvgIpc) is 1.90. The zero-order valence-corrected chi connectivity index (χ0v) is 6.12. The highest BCUT2D eigenvalue weighted by Gasteiger charge is 2.10. The van der Waals surface area contributed by atoms with Crippen LogP contribution in [0.15, 0.2) is 0 Å². The summed E-state index contributed by atoms with van der Waals surface area (Å²) in [4.78, 5) is 1.91. The maximum Gasteiger partial charge on any atom is 0.191 e. The van der Waals surface area contributed by atoms with E-state index in [2.05, 4.69) is 0 Å². The lowest BCUT2D eigenvalue weighted by atomic mass is 10.1. The van der Waals surface area contributed by atoms with Crippen LogP contribution in [0.5, 0.6) is 0 Å². The van der Waals surface area contributed by atoms with Gasteiger partial charge in [0, 0.05) is 13.1 Å². The third-order valence-corrected chi connectivity index (χ3v) is 1.87. The van der Waals surface area contributed by atoms with Gasteiger partial charge in [0.15, 0.2) is 5.29 Å². The lowest BCUT2D eigenvalue weighted by molar-refractivity contribution is 0.345. The van der Waals surface area contributed by atoms with Crippen LogP contribution in [0.3, 0.4) is 0 Å². The predicted octanol–water partition coefficient (Wildman–Crippen LogP) is 1.65. The minimum atomic E-state index is 0.203. The van der Waals surface area contributed by atoms with Crippen molar-refractivity contribution in [2.24, 2.45) is 0 Å². The second-order valence-electron chi connectivity index (χ2n) is 2.34. The van der Waals surface area contributed by atoms with Crippen LogP contribution >= 0.6 is 11.6 Å². The van der Waals surface area contributed by atoms with Crippen LogP contribution in [0.2, 0.25) is 0 Å². The Hall–Kier alpha value is -0.240. The Morgan fingerprint density at radius 1 is 1.22 bits per heavy atom. The molecule has 1 N–H and O–H groups in total. The Labute approximate surface area is 60.3 Å². The van der Waals surface area contributed by atoms with E-state index < -0.39 is 0 Å². The maximum absolute atomic E-state index is 7.08. The molecular weight excluding hydrogens is 136 g/mol. The molecule has 52 valence electrons. The van der Waals surface area contributed by atoms with Crippen molar-refractivity contribution in [3.8, 4) is 0 Å². The van der Waals surface area contributed by atoms with E-state index in [0.717, 1.165) is 13.1 Å². The standard InChI is InChI=1S/C6H11ClN2/c7-6(8)9-4-2-1-3-5-9/h8H,1-5H2. The van der Waals surface area contributed by atoms with Gasteiger partial charge in [-0.25, -0.2) is 0 Å². The molecule has 0 bridgehead atoms. The minimum absolute atomic E-state index is 0.203. The molecule has 0 aromatic rings. The van der Waals surface area contributed by atoms with E-state index in [1.165, 1.54) is 19.3 Å². The topological polar surface area (TPSA) is 27.1 Å². The van der Waals surface area contributed by atoms with Crippen LogP contribution in [0.25, 0.3) is 0 Å². The minimum Gasteiger partial charge on any atom is -0.347 e. The zero-order chi connectivity index (χ0) is 6.69. The summed E-state index contributed by atoms with van der Waals surface area (Å²) < 4.78 is 0. The van der Waals surface area contributed by atoms with Crippen molar-refractivity contribution < 1.29 is 0 Å². The highest BCUT2D eigenvalue weighted by Crippen LogP contribution is 2.09. The largest absolute Gasteiger partial charge is 0.347 e. The quantitative estimate of drug-likeness (QED) is 0.314. The maximum atomic E-state index is 7.08. The van der Waals surface area contributed by atoms with Crippen molar-refractivity contribution in [3.63, 3.8) is 0 Å². The first-order valence-corrected chi connectivity index (χ1v) is 3.67. The first-order valence-electron chi connectivity index (χ1n) is 3.30. The second-order valence-corrected chi connectivity index (χ2v) is 2.70. The molecule has 0 aromatic heterocycles. The fraction of sp³-hybridized carbons (Fsp3) is 0.833. The van der Waals surface area contributed by atoms with Crippen LogP contribution in [-0.4, -0.2) is 23.3 Å². The number of amidine groups is 1. The first-order chi connectivity index (χ1) is 4.30. The summed E-state index contributed by atoms with van der Waals surface area (Å²) in [5, 5.41) is 7.28. The van der Waals surface area contributed by atoms with E-state index in [1.807, 2.05) is 4.90 Å². The van der Waals surface area contributed by atoms with E-state index in [4.69, 9.17) is 17.0 Å². The van der Waals surface area contributed by atoms with Crippen LogP contribution in [0.4, 0.5) is 0 Å². The first kappa shape index (κ1) is 6.87. The monoisotopic (exact) mass is 146 g/mol. The van der Waals surface area contributed by atoms with Gasteiger partial charge in [-0.15, -0.1) is 0 Å². The van der Waals surface area contributed by atoms with Gasteiger partial charge in [0.25, 0.3) is 0 Å². The molecule has 3 heteroatoms. The Morgan fingerprint density at radius 3 is 2.11 bits per heavy atom. The van der Waals surface area contributed by atoms with Gasteiger partial charge in [-0.2, -0.15) is 0 Å². The van der Waals surface area contributed by atoms with Crippen LogP contribution in [-0.2, 0) is 0 Å². The lowest BCUT2D eigenvalue weighted by Crippen LogP contribution is -2.31. The molecule has 2 nitrogen and oxygen atoms in total. The van der Waals surface area contributed by atoms with Crippen molar-refractivity contribution in [2.75, 3.05) is 13.1 Å². The fourth-order valence-electron chi connectivity index (χ4n) is 1.09. The van der Waals surface area contributed by atoms with Gasteiger partial charge in [-0.1, -0.05) is 0 Å². The molecule has 1 aliphatic rings. The molecule has 0 atom stereocenters. The molecule has 1 saturated heterocycles. The summed E-state index contributed by atoms with van der Waals surface area (Å²) in [5.74, 6) is 0. The summed E-state index contributed by atoms with van der Waals surface area (Å²) >= 11 is 5.47. The smallest absolute Gasteiger partial charge is 0.191 e. The molecule has 0 aromatic carbocycles. The molecule has 1 rings (SSSR count). The van der Waals surface area contributed by atoms with Crippen molar-refractivity contribution in [1.82, 2.24) is 4.90 Å². The van der Waals surface area contributed by atoms with Gasteiger partial charge in [0.05, 0.1) is 0 Å². The third kappa shape index (κ3) is 1.86. The van der Waals surface area contributed by atoms with Gasteiger partial charge < -0.3 is 4.90 Å². The molecule has 1 aliphatic heterocycles. The molecule has 1 fully saturated rings. The predicted molar refractivity (Wildman–Crippen MR) is 39.0 cm³/mol. The summed E-state index contributed by atoms with van der Waals surface area (Å²) in [6.45, 7) is 1.95. The molecule has 0 amide bonds. The number of hydrogen-bond donors (Lipinski definition) is 1. The van der Waals surface area contributed by atoms with Crippen LogP contribution in [0.1, 0.15) is 19.3 Å². The number of likely N-dealkylation sites (tertiary alicyclic amines) is 1. The molecule has 0 radical (unpaired) electrons. The molecule has 1 heterocycles. The number of piperidine rings is 1. The van der Waals surface area contributed by atoms with Crippen molar-refractivity contribution in [3.05, 3.63) is 0 Å². The van der Waals surface area contributed by atoms with E-state index >= 15 is 0 Å². The number of rotatable bonds is 0. The highest BCUT2D eigenvalue weighted by atomic mass is 35.5. The van der Waals surface area contributed by atoms with Gasteiger partial charge in [-0.3, -0.25) is 5.41 Å². The van der Waals surface area contributed by atoms with Crippen LogP contribution in [0, 0.1) is 5.41 Å². The summed E-state index contributed by atoms with van der Waals surface area (Å²) in [6, 6.07) is 0. The zero-order valence-electron chi connectivity index (χ0n) is 5.36. The molecular formula is C6H11ClN2. The van der Waals surface area contributed by atoms with Crippen molar-refractivity contribution >= 4 is 16.9 Å². The summed E-state index contributed by atoms with van der Waals surface area (Å²) in [5.41, 5.74) is 0. The number of nitrogens with zero attached hydrogens (tertiary/aromatic N) is 1. The van der Waals surface area contributed by atoms with Gasteiger partial charge >= 0.3 is 0 Å². The third-order valence-electron chi connectivity index (χ3n) is 1.63. The number of halogens is 1. The number of hydrogen-bond acceptors (Lipinski definition) is 1. The second kappa shape index (κ2) is 3.06. The average molecular weight is 147 g/mol. The molecule has 0 aliphatic carbocycles. The Bertz CT molecular complexity index is 108. The van der Waals surface area contributed by atoms with Crippen molar-refractivity contribution in [2.45, 2.75) is 19.3 Å². The molecule has 9 heavy (non-hydrogen) atoms. The summed E-state index contributed by atoms with van der Waals surface area (Å²) in [7, 11) is 0. The Balaban J connectivity index is 2.31. The normalized spacial score (nSPS) is 19.9. The fourth-order valence-corrected chi connectivity index (χ4v) is 1.26. The lowest BCUT2D eigenvalue weighted by Gasteiger charge is -2.25. The summed E-state index contributed by atoms with van der Waals surface area (Å²) in [6.07, 6.45) is 3.67. The van der Waals surface area contributed by atoms with E-state index in [9.17, 15) is 0 Å². The molecule has 0 saturated carbocycles.